The minimum Gasteiger partial charge on any atom is -0.495 e. The van der Waals surface area contributed by atoms with Gasteiger partial charge in [0.15, 0.2) is 17.4 Å². The van der Waals surface area contributed by atoms with Gasteiger partial charge >= 0.3 is 0 Å². The Kier molecular flexibility index (Phi) is 7.49. The van der Waals surface area contributed by atoms with E-state index >= 15 is 0 Å². The molecule has 34 heavy (non-hydrogen) atoms. The third-order valence-corrected chi connectivity index (χ3v) is 6.78. The average Bonchev–Trinajstić information content (AvgIpc) is 2.83. The molecule has 11 heteroatoms. The second kappa shape index (κ2) is 10.4. The van der Waals surface area contributed by atoms with Crippen molar-refractivity contribution in [2.75, 3.05) is 16.9 Å². The summed E-state index contributed by atoms with van der Waals surface area (Å²) in [5.41, 5.74) is 1.22. The Morgan fingerprint density at radius 1 is 1.03 bits per heavy atom. The lowest BCUT2D eigenvalue weighted by molar-refractivity contribution is -0.121. The zero-order valence-electron chi connectivity index (χ0n) is 17.6. The van der Waals surface area contributed by atoms with Crippen molar-refractivity contribution in [1.82, 2.24) is 0 Å². The maximum absolute atomic E-state index is 13.6. The quantitative estimate of drug-likeness (QED) is 0.280. The maximum Gasteiger partial charge on any atom is 0.264 e. The van der Waals surface area contributed by atoms with Crippen molar-refractivity contribution in [3.05, 3.63) is 81.2 Å². The van der Waals surface area contributed by atoms with Crippen molar-refractivity contribution < 1.29 is 14.6 Å². The summed E-state index contributed by atoms with van der Waals surface area (Å²) < 4.78 is 6.33. The Hall–Kier alpha value is -2.56. The van der Waals surface area contributed by atoms with Crippen LogP contribution in [0.25, 0.3) is 0 Å². The largest absolute Gasteiger partial charge is 0.495 e. The number of benzene rings is 3. The second-order valence-corrected chi connectivity index (χ2v) is 9.19. The molecule has 4 rings (SSSR count). The van der Waals surface area contributed by atoms with Gasteiger partial charge in [-0.2, -0.15) is 10.2 Å². The van der Waals surface area contributed by atoms with Gasteiger partial charge in [-0.05, 0) is 60.7 Å². The first-order chi connectivity index (χ1) is 16.3. The van der Waals surface area contributed by atoms with Crippen molar-refractivity contribution in [2.45, 2.75) is 12.3 Å². The molecule has 3 aromatic carbocycles. The molecule has 2 atom stereocenters. The van der Waals surface area contributed by atoms with Crippen LogP contribution < -0.4 is 14.5 Å². The Morgan fingerprint density at radius 3 is 2.41 bits per heavy atom. The predicted molar refractivity (Wildman–Crippen MR) is 140 cm³/mol. The Balaban J connectivity index is 1.84. The first kappa shape index (κ1) is 24.6. The van der Waals surface area contributed by atoms with E-state index in [1.807, 2.05) is 0 Å². The van der Waals surface area contributed by atoms with E-state index in [2.05, 4.69) is 26.2 Å². The summed E-state index contributed by atoms with van der Waals surface area (Å²) in [7, 11) is 1.50. The first-order valence-electron chi connectivity index (χ1n) is 9.92. The van der Waals surface area contributed by atoms with Crippen LogP contribution in [0.5, 0.6) is 5.75 Å². The van der Waals surface area contributed by atoms with Crippen molar-refractivity contribution >= 4 is 79.4 Å². The number of thiocarbonyl (C=S) groups is 1. The number of methoxy groups -OCH3 is 1. The molecule has 1 aliphatic rings. The standard InChI is InChI=1S/C23H17BrCl2N4O3S/c1-33-18-8-3-2-6-16(18)29-21(31)20(28-27-14-11-9-13(24)10-12-14)22(32)30(23(29)34)17-7-4-5-15(25)19(17)26/h2-12,20-21,31H,1H3. The van der Waals surface area contributed by atoms with Crippen LogP contribution in [0.15, 0.2) is 81.4 Å². The van der Waals surface area contributed by atoms with Crippen LogP contribution in [0.1, 0.15) is 0 Å². The smallest absolute Gasteiger partial charge is 0.264 e. The van der Waals surface area contributed by atoms with E-state index < -0.39 is 18.2 Å². The summed E-state index contributed by atoms with van der Waals surface area (Å²) in [6.45, 7) is 0. The molecule has 2 unspecified atom stereocenters. The van der Waals surface area contributed by atoms with Crippen molar-refractivity contribution in [3.8, 4) is 5.75 Å². The molecule has 1 saturated heterocycles. The van der Waals surface area contributed by atoms with E-state index in [0.717, 1.165) is 4.47 Å². The summed E-state index contributed by atoms with van der Waals surface area (Å²) >= 11 is 21.7. The van der Waals surface area contributed by atoms with Gasteiger partial charge in [0.05, 0.1) is 34.2 Å². The molecule has 7 nitrogen and oxygen atoms in total. The van der Waals surface area contributed by atoms with Gasteiger partial charge in [0.1, 0.15) is 5.75 Å². The van der Waals surface area contributed by atoms with Gasteiger partial charge in [-0.1, -0.05) is 57.3 Å². The Morgan fingerprint density at radius 2 is 1.71 bits per heavy atom. The minimum absolute atomic E-state index is 0.0127. The number of hydrogen-bond donors (Lipinski definition) is 1. The van der Waals surface area contributed by atoms with E-state index in [-0.39, 0.29) is 20.8 Å². The van der Waals surface area contributed by atoms with Crippen LogP contribution in [-0.2, 0) is 4.79 Å². The van der Waals surface area contributed by atoms with Crippen LogP contribution in [0.4, 0.5) is 17.1 Å². The van der Waals surface area contributed by atoms with E-state index in [4.69, 9.17) is 40.2 Å². The summed E-state index contributed by atoms with van der Waals surface area (Å²) in [6.07, 6.45) is -1.45. The van der Waals surface area contributed by atoms with Gasteiger partial charge in [-0.3, -0.25) is 14.6 Å². The van der Waals surface area contributed by atoms with Gasteiger partial charge in [-0.15, -0.1) is 0 Å². The summed E-state index contributed by atoms with van der Waals surface area (Å²) in [4.78, 5) is 16.2. The first-order valence-corrected chi connectivity index (χ1v) is 11.9. The third kappa shape index (κ3) is 4.67. The molecule has 3 aromatic rings. The molecule has 174 valence electrons. The highest BCUT2D eigenvalue weighted by Crippen LogP contribution is 2.39. The lowest BCUT2D eigenvalue weighted by atomic mass is 10.1. The molecule has 1 amide bonds. The molecule has 0 radical (unpaired) electrons. The maximum atomic E-state index is 13.6. The molecule has 0 aromatic heterocycles. The van der Waals surface area contributed by atoms with Crippen molar-refractivity contribution in [1.29, 1.82) is 0 Å². The monoisotopic (exact) mass is 578 g/mol. The van der Waals surface area contributed by atoms with E-state index in [9.17, 15) is 9.90 Å². The number of carbonyl (C=O) groups excluding carboxylic acids is 1. The summed E-state index contributed by atoms with van der Waals surface area (Å²) in [5.74, 6) is -0.160. The highest BCUT2D eigenvalue weighted by molar-refractivity contribution is 9.10. The SMILES string of the molecule is COc1ccccc1N1C(=S)N(c2cccc(Cl)c2Cl)C(=O)C(N=Nc2ccc(Br)cc2)C1O. The van der Waals surface area contributed by atoms with Gasteiger partial charge in [0.2, 0.25) is 0 Å². The van der Waals surface area contributed by atoms with E-state index in [1.54, 1.807) is 66.7 Å². The lowest BCUT2D eigenvalue weighted by Gasteiger charge is -2.43. The number of amides is 1. The fourth-order valence-electron chi connectivity index (χ4n) is 3.42. The average molecular weight is 580 g/mol. The zero-order chi connectivity index (χ0) is 24.4. The Labute approximate surface area is 219 Å². The van der Waals surface area contributed by atoms with Crippen molar-refractivity contribution in [2.24, 2.45) is 10.2 Å². The summed E-state index contributed by atoms with van der Waals surface area (Å²) in [6, 6.07) is 17.5. The summed E-state index contributed by atoms with van der Waals surface area (Å²) in [5, 5.41) is 20.0. The van der Waals surface area contributed by atoms with Crippen LogP contribution in [0, 0.1) is 0 Å². The molecule has 1 N–H and O–H groups in total. The number of nitrogens with zero attached hydrogens (tertiary/aromatic N) is 4. The van der Waals surface area contributed by atoms with Crippen molar-refractivity contribution in [3.63, 3.8) is 0 Å². The van der Waals surface area contributed by atoms with E-state index in [0.29, 0.717) is 17.1 Å². The van der Waals surface area contributed by atoms with Crippen LogP contribution in [-0.4, -0.2) is 35.5 Å². The van der Waals surface area contributed by atoms with Crippen LogP contribution in [0.3, 0.4) is 0 Å². The number of anilines is 2. The lowest BCUT2D eigenvalue weighted by Crippen LogP contribution is -2.64. The van der Waals surface area contributed by atoms with Crippen LogP contribution >= 0.6 is 51.3 Å². The van der Waals surface area contributed by atoms with Crippen LogP contribution in [0.2, 0.25) is 10.0 Å². The molecular weight excluding hydrogens is 563 g/mol. The number of aliphatic hydroxyl groups is 1. The minimum atomic E-state index is -1.45. The zero-order valence-corrected chi connectivity index (χ0v) is 21.5. The predicted octanol–water partition coefficient (Wildman–Crippen LogP) is 6.37. The molecule has 0 spiro atoms. The highest BCUT2D eigenvalue weighted by Gasteiger charge is 2.46. The second-order valence-electron chi connectivity index (χ2n) is 7.12. The van der Waals surface area contributed by atoms with Gasteiger partial charge in [-0.25, -0.2) is 0 Å². The van der Waals surface area contributed by atoms with Gasteiger partial charge in [0.25, 0.3) is 5.91 Å². The normalized spacial score (nSPS) is 18.6. The number of hydrogen-bond acceptors (Lipinski definition) is 6. The van der Waals surface area contributed by atoms with E-state index in [1.165, 1.54) is 16.9 Å². The number of para-hydroxylation sites is 2. The van der Waals surface area contributed by atoms with Gasteiger partial charge in [0, 0.05) is 4.47 Å². The number of ether oxygens (including phenoxy) is 1. The molecule has 0 bridgehead atoms. The highest BCUT2D eigenvalue weighted by atomic mass is 79.9. The molecular formula is C23H17BrCl2N4O3S. The molecule has 0 saturated carbocycles. The third-order valence-electron chi connectivity index (χ3n) is 5.06. The number of carbonyl (C=O) groups is 1. The molecule has 1 aliphatic heterocycles. The molecule has 0 aliphatic carbocycles. The fraction of sp³-hybridized carbons (Fsp3) is 0.130. The Bertz CT molecular complexity index is 1280. The number of halogens is 3. The van der Waals surface area contributed by atoms with Gasteiger partial charge < -0.3 is 9.84 Å². The topological polar surface area (TPSA) is 77.7 Å². The molecule has 1 fully saturated rings. The molecule has 1 heterocycles. The number of rotatable bonds is 5. The fourth-order valence-corrected chi connectivity index (χ4v) is 4.46. The number of azo groups is 1. The number of aliphatic hydroxyl groups excluding tert-OH is 1.